The summed E-state index contributed by atoms with van der Waals surface area (Å²) in [4.78, 5) is 41.6. The van der Waals surface area contributed by atoms with Gasteiger partial charge in [0.05, 0.1) is 12.6 Å². The molecule has 176 valence electrons. The van der Waals surface area contributed by atoms with Crippen molar-refractivity contribution in [3.8, 4) is 0 Å². The van der Waals surface area contributed by atoms with E-state index >= 15 is 0 Å². The largest absolute Gasteiger partial charge is 0.346 e. The Balaban J connectivity index is 1.39. The molecule has 1 aromatic rings. The summed E-state index contributed by atoms with van der Waals surface area (Å²) < 4.78 is 0. The molecule has 7 nitrogen and oxygen atoms in total. The van der Waals surface area contributed by atoms with E-state index in [-0.39, 0.29) is 30.3 Å². The van der Waals surface area contributed by atoms with Crippen LogP contribution in [0.25, 0.3) is 0 Å². The Hall–Kier alpha value is -2.41. The van der Waals surface area contributed by atoms with E-state index in [1.165, 1.54) is 32.1 Å². The third-order valence-corrected chi connectivity index (χ3v) is 6.95. The van der Waals surface area contributed by atoms with E-state index in [0.29, 0.717) is 38.5 Å². The second kappa shape index (κ2) is 11.5. The number of amides is 3. The predicted molar refractivity (Wildman–Crippen MR) is 126 cm³/mol. The predicted octanol–water partition coefficient (Wildman–Crippen LogP) is 2.86. The fourth-order valence-corrected chi connectivity index (χ4v) is 4.80. The van der Waals surface area contributed by atoms with Gasteiger partial charge in [0, 0.05) is 38.3 Å². The van der Waals surface area contributed by atoms with Crippen LogP contribution >= 0.6 is 0 Å². The van der Waals surface area contributed by atoms with Crippen LogP contribution in [0.3, 0.4) is 0 Å². The number of hydrogen-bond donors (Lipinski definition) is 2. The molecule has 1 saturated heterocycles. The van der Waals surface area contributed by atoms with Gasteiger partial charge >= 0.3 is 0 Å². The van der Waals surface area contributed by atoms with E-state index in [2.05, 4.69) is 15.5 Å². The van der Waals surface area contributed by atoms with E-state index < -0.39 is 0 Å². The van der Waals surface area contributed by atoms with Crippen LogP contribution in [-0.2, 0) is 14.4 Å². The van der Waals surface area contributed by atoms with Crippen molar-refractivity contribution in [1.29, 1.82) is 0 Å². The molecule has 0 radical (unpaired) electrons. The molecule has 2 N–H and O–H groups in total. The van der Waals surface area contributed by atoms with E-state index in [9.17, 15) is 14.4 Å². The third kappa shape index (κ3) is 6.55. The van der Waals surface area contributed by atoms with Crippen molar-refractivity contribution in [2.75, 3.05) is 38.0 Å². The van der Waals surface area contributed by atoms with E-state index in [1.54, 1.807) is 0 Å². The van der Waals surface area contributed by atoms with Crippen LogP contribution in [0.4, 0.5) is 5.69 Å². The van der Waals surface area contributed by atoms with Crippen molar-refractivity contribution in [2.24, 2.45) is 5.92 Å². The first-order chi connectivity index (χ1) is 15.3. The zero-order valence-electron chi connectivity index (χ0n) is 19.8. The number of carbonyl (C=O) groups excluding carboxylic acids is 3. The molecule has 1 saturated carbocycles. The Kier molecular flexibility index (Phi) is 8.67. The first-order valence-corrected chi connectivity index (χ1v) is 12.0. The van der Waals surface area contributed by atoms with Crippen LogP contribution in [0.1, 0.15) is 56.6 Å². The monoisotopic (exact) mass is 442 g/mol. The van der Waals surface area contributed by atoms with Gasteiger partial charge in [0.15, 0.2) is 0 Å². The van der Waals surface area contributed by atoms with Gasteiger partial charge < -0.3 is 15.5 Å². The van der Waals surface area contributed by atoms with Crippen molar-refractivity contribution >= 4 is 23.4 Å². The number of benzene rings is 1. The molecule has 1 heterocycles. The second-order valence-corrected chi connectivity index (χ2v) is 9.33. The van der Waals surface area contributed by atoms with Gasteiger partial charge in [-0.05, 0) is 50.7 Å². The number of nitrogens with one attached hydrogen (secondary N) is 2. The summed E-state index contributed by atoms with van der Waals surface area (Å²) >= 11 is 0. The lowest BCUT2D eigenvalue weighted by atomic mass is 9.86. The Morgan fingerprint density at radius 1 is 1.00 bits per heavy atom. The minimum Gasteiger partial charge on any atom is -0.346 e. The van der Waals surface area contributed by atoms with Gasteiger partial charge in [-0.25, -0.2) is 0 Å². The highest BCUT2D eigenvalue weighted by Gasteiger charge is 2.28. The van der Waals surface area contributed by atoms with E-state index in [4.69, 9.17) is 0 Å². The fraction of sp³-hybridized carbons (Fsp3) is 0.640. The summed E-state index contributed by atoms with van der Waals surface area (Å²) in [5.41, 5.74) is 2.79. The second-order valence-electron chi connectivity index (χ2n) is 9.33. The summed E-state index contributed by atoms with van der Waals surface area (Å²) in [7, 11) is 0. The van der Waals surface area contributed by atoms with Crippen molar-refractivity contribution in [1.82, 2.24) is 15.1 Å². The van der Waals surface area contributed by atoms with Crippen LogP contribution in [0.5, 0.6) is 0 Å². The first-order valence-electron chi connectivity index (χ1n) is 12.0. The lowest BCUT2D eigenvalue weighted by molar-refractivity contribution is -0.135. The standard InChI is InChI=1S/C25H38N4O3/c1-18-8-7-9-19(2)24(18)27-22(30)17-26-25(32)20(3)28-12-14-29(15-13-28)23(31)16-21-10-5-4-6-11-21/h7-9,20-21H,4-6,10-17H2,1-3H3,(H,26,32)(H,27,30). The number of rotatable bonds is 7. The average molecular weight is 443 g/mol. The molecule has 7 heteroatoms. The van der Waals surface area contributed by atoms with Gasteiger partial charge in [-0.1, -0.05) is 37.5 Å². The molecule has 1 aliphatic carbocycles. The SMILES string of the molecule is Cc1cccc(C)c1NC(=O)CNC(=O)C(C)N1CCN(C(=O)CC2CCCCC2)CC1. The van der Waals surface area contributed by atoms with Crippen LogP contribution in [0.15, 0.2) is 18.2 Å². The average Bonchev–Trinajstić information content (AvgIpc) is 2.80. The maximum absolute atomic E-state index is 12.6. The third-order valence-electron chi connectivity index (χ3n) is 6.95. The fourth-order valence-electron chi connectivity index (χ4n) is 4.80. The molecule has 3 rings (SSSR count). The van der Waals surface area contributed by atoms with Gasteiger partial charge in [0.1, 0.15) is 0 Å². The summed E-state index contributed by atoms with van der Waals surface area (Å²) in [6.45, 7) is 8.38. The van der Waals surface area contributed by atoms with Crippen LogP contribution in [-0.4, -0.2) is 66.3 Å². The molecule has 2 fully saturated rings. The molecular formula is C25H38N4O3. The van der Waals surface area contributed by atoms with Crippen molar-refractivity contribution in [3.63, 3.8) is 0 Å². The molecule has 1 aliphatic heterocycles. The van der Waals surface area contributed by atoms with Gasteiger partial charge in [-0.15, -0.1) is 0 Å². The number of anilines is 1. The molecule has 1 aromatic carbocycles. The van der Waals surface area contributed by atoms with Crippen LogP contribution < -0.4 is 10.6 Å². The zero-order valence-corrected chi connectivity index (χ0v) is 19.8. The van der Waals surface area contributed by atoms with Crippen molar-refractivity contribution < 1.29 is 14.4 Å². The maximum Gasteiger partial charge on any atom is 0.243 e. The van der Waals surface area contributed by atoms with Crippen LogP contribution in [0.2, 0.25) is 0 Å². The van der Waals surface area contributed by atoms with E-state index in [0.717, 1.165) is 16.8 Å². The Morgan fingerprint density at radius 3 is 2.25 bits per heavy atom. The highest BCUT2D eigenvalue weighted by Crippen LogP contribution is 2.27. The van der Waals surface area contributed by atoms with Gasteiger partial charge in [0.2, 0.25) is 17.7 Å². The zero-order chi connectivity index (χ0) is 23.1. The van der Waals surface area contributed by atoms with Gasteiger partial charge in [0.25, 0.3) is 0 Å². The molecule has 2 aliphatic rings. The molecule has 1 atom stereocenters. The topological polar surface area (TPSA) is 81.8 Å². The first kappa shape index (κ1) is 24.2. The Morgan fingerprint density at radius 2 is 1.62 bits per heavy atom. The number of hydrogen-bond acceptors (Lipinski definition) is 4. The summed E-state index contributed by atoms with van der Waals surface area (Å²) in [6, 6.07) is 5.51. The summed E-state index contributed by atoms with van der Waals surface area (Å²) in [5, 5.41) is 5.65. The molecule has 1 unspecified atom stereocenters. The smallest absolute Gasteiger partial charge is 0.243 e. The van der Waals surface area contributed by atoms with E-state index in [1.807, 2.05) is 43.9 Å². The Bertz CT molecular complexity index is 791. The van der Waals surface area contributed by atoms with Gasteiger partial charge in [-0.3, -0.25) is 19.3 Å². The number of piperazine rings is 1. The van der Waals surface area contributed by atoms with Crippen LogP contribution in [0, 0.1) is 19.8 Å². The highest BCUT2D eigenvalue weighted by molar-refractivity contribution is 5.96. The maximum atomic E-state index is 12.6. The van der Waals surface area contributed by atoms with Crippen molar-refractivity contribution in [3.05, 3.63) is 29.3 Å². The molecular weight excluding hydrogens is 404 g/mol. The summed E-state index contributed by atoms with van der Waals surface area (Å²) in [5.74, 6) is 0.412. The quantitative estimate of drug-likeness (QED) is 0.680. The molecule has 0 aromatic heterocycles. The lowest BCUT2D eigenvalue weighted by Crippen LogP contribution is -2.55. The van der Waals surface area contributed by atoms with Crippen molar-refractivity contribution in [2.45, 2.75) is 65.3 Å². The number of aryl methyl sites for hydroxylation is 2. The minimum absolute atomic E-state index is 0.0587. The molecule has 32 heavy (non-hydrogen) atoms. The number of para-hydroxylation sites is 1. The molecule has 0 bridgehead atoms. The normalized spacial score (nSPS) is 18.8. The summed E-state index contributed by atoms with van der Waals surface area (Å²) in [6.07, 6.45) is 6.84. The molecule has 0 spiro atoms. The number of nitrogens with zero attached hydrogens (tertiary/aromatic N) is 2. The van der Waals surface area contributed by atoms with Gasteiger partial charge in [-0.2, -0.15) is 0 Å². The minimum atomic E-state index is -0.335. The molecule has 3 amide bonds. The highest BCUT2D eigenvalue weighted by atomic mass is 16.2. The number of carbonyl (C=O) groups is 3. The Labute approximate surface area is 191 Å². The lowest BCUT2D eigenvalue weighted by Gasteiger charge is -2.38.